The number of aryl methyl sites for hydroxylation is 1. The standard InChI is InChI=1S/C17H15N3/c1-2-13-5-3-4-6-15(13)12-20-17-8-7-14(10-18)16(9-17)11-19/h3-9,20H,2,12H2,1H3. The molecule has 0 saturated carbocycles. The summed E-state index contributed by atoms with van der Waals surface area (Å²) >= 11 is 0. The molecule has 0 fully saturated rings. The van der Waals surface area contributed by atoms with Gasteiger partial charge < -0.3 is 5.32 Å². The van der Waals surface area contributed by atoms with Gasteiger partial charge in [0.05, 0.1) is 11.1 Å². The molecule has 3 nitrogen and oxygen atoms in total. The quantitative estimate of drug-likeness (QED) is 0.914. The molecule has 2 rings (SSSR count). The molecule has 0 atom stereocenters. The number of hydrogen-bond acceptors (Lipinski definition) is 3. The van der Waals surface area contributed by atoms with Crippen LogP contribution in [0.5, 0.6) is 0 Å². The van der Waals surface area contributed by atoms with E-state index in [-0.39, 0.29) is 0 Å². The molecule has 0 amide bonds. The van der Waals surface area contributed by atoms with E-state index >= 15 is 0 Å². The third-order valence-corrected chi connectivity index (χ3v) is 3.24. The Hall–Kier alpha value is -2.78. The van der Waals surface area contributed by atoms with Crippen LogP contribution < -0.4 is 5.32 Å². The summed E-state index contributed by atoms with van der Waals surface area (Å²) in [6.45, 7) is 2.84. The number of benzene rings is 2. The molecule has 0 spiro atoms. The van der Waals surface area contributed by atoms with Crippen molar-refractivity contribution in [2.24, 2.45) is 0 Å². The number of rotatable bonds is 4. The molecule has 0 bridgehead atoms. The average Bonchev–Trinajstić information content (AvgIpc) is 2.52. The molecule has 3 heteroatoms. The molecule has 0 aliphatic heterocycles. The van der Waals surface area contributed by atoms with E-state index in [0.29, 0.717) is 17.7 Å². The van der Waals surface area contributed by atoms with E-state index in [1.54, 1.807) is 12.1 Å². The number of nitriles is 2. The van der Waals surface area contributed by atoms with Crippen LogP contribution in [0.4, 0.5) is 5.69 Å². The summed E-state index contributed by atoms with van der Waals surface area (Å²) in [6, 6.07) is 17.6. The highest BCUT2D eigenvalue weighted by Gasteiger charge is 2.04. The highest BCUT2D eigenvalue weighted by Crippen LogP contribution is 2.17. The molecule has 1 N–H and O–H groups in total. The van der Waals surface area contributed by atoms with Gasteiger partial charge in [0.15, 0.2) is 0 Å². The van der Waals surface area contributed by atoms with Crippen LogP contribution in [-0.2, 0) is 13.0 Å². The van der Waals surface area contributed by atoms with Gasteiger partial charge >= 0.3 is 0 Å². The van der Waals surface area contributed by atoms with Crippen LogP contribution in [-0.4, -0.2) is 0 Å². The number of nitrogens with one attached hydrogen (secondary N) is 1. The third-order valence-electron chi connectivity index (χ3n) is 3.24. The van der Waals surface area contributed by atoms with Crippen LogP contribution in [0.2, 0.25) is 0 Å². The van der Waals surface area contributed by atoms with E-state index < -0.39 is 0 Å². The fourth-order valence-electron chi connectivity index (χ4n) is 2.12. The van der Waals surface area contributed by atoms with Crippen LogP contribution in [0.3, 0.4) is 0 Å². The van der Waals surface area contributed by atoms with Crippen molar-refractivity contribution in [3.63, 3.8) is 0 Å². The molecular formula is C17H15N3. The first-order chi connectivity index (χ1) is 9.78. The monoisotopic (exact) mass is 261 g/mol. The minimum Gasteiger partial charge on any atom is -0.381 e. The van der Waals surface area contributed by atoms with Gasteiger partial charge in [0.25, 0.3) is 0 Å². The maximum absolute atomic E-state index is 9.01. The zero-order valence-corrected chi connectivity index (χ0v) is 11.4. The second kappa shape index (κ2) is 6.41. The molecule has 20 heavy (non-hydrogen) atoms. The van der Waals surface area contributed by atoms with Gasteiger partial charge in [0.2, 0.25) is 0 Å². The van der Waals surface area contributed by atoms with E-state index in [4.69, 9.17) is 10.5 Å². The van der Waals surface area contributed by atoms with Gasteiger partial charge in [-0.2, -0.15) is 10.5 Å². The SMILES string of the molecule is CCc1ccccc1CNc1ccc(C#N)c(C#N)c1. The average molecular weight is 261 g/mol. The van der Waals surface area contributed by atoms with Crippen molar-refractivity contribution in [3.8, 4) is 12.1 Å². The van der Waals surface area contributed by atoms with Crippen molar-refractivity contribution >= 4 is 5.69 Å². The van der Waals surface area contributed by atoms with Gasteiger partial charge in [0, 0.05) is 12.2 Å². The second-order valence-electron chi connectivity index (χ2n) is 4.46. The van der Waals surface area contributed by atoms with Crippen molar-refractivity contribution in [3.05, 3.63) is 64.7 Å². The van der Waals surface area contributed by atoms with E-state index in [1.807, 2.05) is 30.3 Å². The lowest BCUT2D eigenvalue weighted by Gasteiger charge is -2.10. The topological polar surface area (TPSA) is 59.6 Å². The largest absolute Gasteiger partial charge is 0.381 e. The summed E-state index contributed by atoms with van der Waals surface area (Å²) in [5.41, 5.74) is 4.23. The highest BCUT2D eigenvalue weighted by atomic mass is 14.9. The summed E-state index contributed by atoms with van der Waals surface area (Å²) in [6.07, 6.45) is 0.995. The van der Waals surface area contributed by atoms with Crippen LogP contribution >= 0.6 is 0 Å². The lowest BCUT2D eigenvalue weighted by molar-refractivity contribution is 1.04. The molecule has 0 radical (unpaired) electrons. The number of nitrogens with zero attached hydrogens (tertiary/aromatic N) is 2. The van der Waals surface area contributed by atoms with Crippen molar-refractivity contribution in [1.29, 1.82) is 10.5 Å². The summed E-state index contributed by atoms with van der Waals surface area (Å²) in [5, 5.41) is 21.2. The number of hydrogen-bond donors (Lipinski definition) is 1. The molecule has 0 saturated heterocycles. The minimum absolute atomic E-state index is 0.404. The lowest BCUT2D eigenvalue weighted by atomic mass is 10.0. The molecule has 0 aromatic heterocycles. The first-order valence-corrected chi connectivity index (χ1v) is 6.53. The fourth-order valence-corrected chi connectivity index (χ4v) is 2.12. The maximum Gasteiger partial charge on any atom is 0.101 e. The zero-order valence-electron chi connectivity index (χ0n) is 11.4. The Kier molecular flexibility index (Phi) is 4.37. The molecule has 2 aromatic carbocycles. The van der Waals surface area contributed by atoms with Crippen LogP contribution in [0.15, 0.2) is 42.5 Å². The normalized spacial score (nSPS) is 9.55. The fraction of sp³-hybridized carbons (Fsp3) is 0.176. The van der Waals surface area contributed by atoms with Crippen LogP contribution in [0.25, 0.3) is 0 Å². The second-order valence-corrected chi connectivity index (χ2v) is 4.46. The Morgan fingerprint density at radius 1 is 0.950 bits per heavy atom. The predicted octanol–water partition coefficient (Wildman–Crippen LogP) is 3.60. The van der Waals surface area contributed by atoms with E-state index in [0.717, 1.165) is 12.1 Å². The molecular weight excluding hydrogens is 246 g/mol. The van der Waals surface area contributed by atoms with Crippen molar-refractivity contribution in [1.82, 2.24) is 0 Å². The smallest absolute Gasteiger partial charge is 0.101 e. The number of anilines is 1. The first kappa shape index (κ1) is 13.6. The van der Waals surface area contributed by atoms with E-state index in [9.17, 15) is 0 Å². The molecule has 2 aromatic rings. The summed E-state index contributed by atoms with van der Waals surface area (Å²) < 4.78 is 0. The Labute approximate surface area is 119 Å². The summed E-state index contributed by atoms with van der Waals surface area (Å²) in [4.78, 5) is 0. The van der Waals surface area contributed by atoms with E-state index in [2.05, 4.69) is 24.4 Å². The Morgan fingerprint density at radius 2 is 1.65 bits per heavy atom. The Bertz CT molecular complexity index is 690. The highest BCUT2D eigenvalue weighted by molar-refractivity contribution is 5.56. The van der Waals surface area contributed by atoms with Crippen LogP contribution in [0.1, 0.15) is 29.2 Å². The Balaban J connectivity index is 2.16. The molecule has 0 aliphatic rings. The van der Waals surface area contributed by atoms with Gasteiger partial charge in [-0.05, 0) is 35.7 Å². The molecule has 0 unspecified atom stereocenters. The molecule has 98 valence electrons. The van der Waals surface area contributed by atoms with Gasteiger partial charge in [0.1, 0.15) is 12.1 Å². The van der Waals surface area contributed by atoms with Gasteiger partial charge in [-0.25, -0.2) is 0 Å². The van der Waals surface area contributed by atoms with Gasteiger partial charge in [-0.3, -0.25) is 0 Å². The van der Waals surface area contributed by atoms with Gasteiger partial charge in [-0.15, -0.1) is 0 Å². The summed E-state index contributed by atoms with van der Waals surface area (Å²) in [5.74, 6) is 0. The molecule has 0 heterocycles. The van der Waals surface area contributed by atoms with E-state index in [1.165, 1.54) is 11.1 Å². The molecule has 0 aliphatic carbocycles. The van der Waals surface area contributed by atoms with Crippen LogP contribution in [0, 0.1) is 22.7 Å². The maximum atomic E-state index is 9.01. The van der Waals surface area contributed by atoms with Crippen molar-refractivity contribution < 1.29 is 0 Å². The first-order valence-electron chi connectivity index (χ1n) is 6.53. The predicted molar refractivity (Wildman–Crippen MR) is 79.0 cm³/mol. The summed E-state index contributed by atoms with van der Waals surface area (Å²) in [7, 11) is 0. The van der Waals surface area contributed by atoms with Gasteiger partial charge in [-0.1, -0.05) is 31.2 Å². The zero-order chi connectivity index (χ0) is 14.4. The minimum atomic E-state index is 0.404. The Morgan fingerprint density at radius 3 is 2.30 bits per heavy atom. The third kappa shape index (κ3) is 2.96. The van der Waals surface area contributed by atoms with Crippen molar-refractivity contribution in [2.45, 2.75) is 19.9 Å². The van der Waals surface area contributed by atoms with Crippen molar-refractivity contribution in [2.75, 3.05) is 5.32 Å². The lowest BCUT2D eigenvalue weighted by Crippen LogP contribution is -2.03.